The van der Waals surface area contributed by atoms with Crippen LogP contribution in [0.3, 0.4) is 0 Å². The van der Waals surface area contributed by atoms with Gasteiger partial charge >= 0.3 is 5.97 Å². The summed E-state index contributed by atoms with van der Waals surface area (Å²) in [5.74, 6) is 0.171. The molecule has 2 aliphatic rings. The molecular formula is C31H27FN2O4. The summed E-state index contributed by atoms with van der Waals surface area (Å²) in [6.45, 7) is 6.82. The molecule has 0 atom stereocenters. The van der Waals surface area contributed by atoms with E-state index in [1.54, 1.807) is 31.4 Å². The van der Waals surface area contributed by atoms with Gasteiger partial charge in [-0.3, -0.25) is 0 Å². The van der Waals surface area contributed by atoms with Crippen molar-refractivity contribution in [1.82, 2.24) is 0 Å². The standard InChI is InChI=1S/C31H27FN2O4/c1-18-5-6-20(32)13-26(18)34-16-24-22(9-10-25-29(24)27(34)15-31(2,3)33-25)23-8-7-21(14-28(23)36-4)38-30(35)19-11-12-37-17-19/h5-15,17,33H,16H2,1-4H3. The molecule has 0 radical (unpaired) electrons. The first kappa shape index (κ1) is 23.9. The maximum absolute atomic E-state index is 14.4. The molecule has 0 saturated heterocycles. The van der Waals surface area contributed by atoms with Crippen LogP contribution in [0.4, 0.5) is 15.8 Å². The van der Waals surface area contributed by atoms with Crippen molar-refractivity contribution in [3.63, 3.8) is 0 Å². The number of ether oxygens (including phenoxy) is 2. The van der Waals surface area contributed by atoms with E-state index in [0.29, 0.717) is 23.6 Å². The summed E-state index contributed by atoms with van der Waals surface area (Å²) in [6.07, 6.45) is 4.97. The SMILES string of the molecule is COc1cc(OC(=O)c2ccoc2)ccc1-c1ccc2c3c1CN(c1cc(F)ccc1C)C3=CC(C)(C)N2. The zero-order valence-electron chi connectivity index (χ0n) is 21.6. The second-order valence-electron chi connectivity index (χ2n) is 10.2. The quantitative estimate of drug-likeness (QED) is 0.227. The number of esters is 1. The molecule has 1 aromatic heterocycles. The third kappa shape index (κ3) is 4.00. The van der Waals surface area contributed by atoms with Gasteiger partial charge in [0.2, 0.25) is 0 Å². The lowest BCUT2D eigenvalue weighted by Gasteiger charge is -2.33. The molecule has 0 aliphatic carbocycles. The van der Waals surface area contributed by atoms with Crippen LogP contribution in [0, 0.1) is 12.7 Å². The summed E-state index contributed by atoms with van der Waals surface area (Å²) < 4.78 is 30.6. The molecule has 7 heteroatoms. The Morgan fingerprint density at radius 2 is 1.89 bits per heavy atom. The molecule has 192 valence electrons. The number of methoxy groups -OCH3 is 1. The first-order chi connectivity index (χ1) is 18.2. The number of furan rings is 1. The van der Waals surface area contributed by atoms with Crippen molar-refractivity contribution >= 4 is 23.0 Å². The van der Waals surface area contributed by atoms with Gasteiger partial charge in [0.1, 0.15) is 23.6 Å². The number of nitrogens with zero attached hydrogens (tertiary/aromatic N) is 1. The number of hydrogen-bond acceptors (Lipinski definition) is 6. The van der Waals surface area contributed by atoms with Gasteiger partial charge in [-0.2, -0.15) is 0 Å². The van der Waals surface area contributed by atoms with E-state index < -0.39 is 5.97 Å². The van der Waals surface area contributed by atoms with Crippen molar-refractivity contribution < 1.29 is 23.1 Å². The summed E-state index contributed by atoms with van der Waals surface area (Å²) in [7, 11) is 1.59. The van der Waals surface area contributed by atoms with Crippen LogP contribution in [0.1, 0.15) is 40.9 Å². The largest absolute Gasteiger partial charge is 0.496 e. The number of halogens is 1. The van der Waals surface area contributed by atoms with Crippen LogP contribution in [0.2, 0.25) is 0 Å². The molecule has 6 nitrogen and oxygen atoms in total. The van der Waals surface area contributed by atoms with Crippen molar-refractivity contribution in [2.24, 2.45) is 0 Å². The first-order valence-corrected chi connectivity index (χ1v) is 12.4. The molecule has 0 amide bonds. The molecule has 4 aromatic rings. The van der Waals surface area contributed by atoms with E-state index in [-0.39, 0.29) is 11.4 Å². The summed E-state index contributed by atoms with van der Waals surface area (Å²) >= 11 is 0. The van der Waals surface area contributed by atoms with E-state index in [1.807, 2.05) is 19.1 Å². The molecule has 3 aromatic carbocycles. The second-order valence-corrected chi connectivity index (χ2v) is 10.2. The van der Waals surface area contributed by atoms with Crippen LogP contribution in [-0.4, -0.2) is 18.6 Å². The number of carbonyl (C=O) groups excluding carboxylic acids is 1. The summed E-state index contributed by atoms with van der Waals surface area (Å²) in [5.41, 5.74) is 8.07. The molecule has 1 N–H and O–H groups in total. The predicted molar refractivity (Wildman–Crippen MR) is 145 cm³/mol. The van der Waals surface area contributed by atoms with E-state index in [0.717, 1.165) is 44.9 Å². The molecular weight excluding hydrogens is 483 g/mol. The van der Waals surface area contributed by atoms with Crippen molar-refractivity contribution in [3.05, 3.63) is 101 Å². The van der Waals surface area contributed by atoms with Crippen LogP contribution in [0.15, 0.2) is 77.6 Å². The van der Waals surface area contributed by atoms with Gasteiger partial charge in [-0.25, -0.2) is 9.18 Å². The van der Waals surface area contributed by atoms with Crippen molar-refractivity contribution in [3.8, 4) is 22.6 Å². The monoisotopic (exact) mass is 510 g/mol. The van der Waals surface area contributed by atoms with E-state index in [4.69, 9.17) is 13.9 Å². The van der Waals surface area contributed by atoms with Crippen LogP contribution in [-0.2, 0) is 6.54 Å². The van der Waals surface area contributed by atoms with Crippen molar-refractivity contribution in [2.75, 3.05) is 17.3 Å². The third-order valence-corrected chi connectivity index (χ3v) is 7.02. The topological polar surface area (TPSA) is 63.9 Å². The van der Waals surface area contributed by atoms with Crippen LogP contribution in [0.5, 0.6) is 11.5 Å². The highest BCUT2D eigenvalue weighted by molar-refractivity contribution is 5.98. The smallest absolute Gasteiger partial charge is 0.346 e. The molecule has 6 rings (SSSR count). The number of hydrogen-bond donors (Lipinski definition) is 1. The van der Waals surface area contributed by atoms with Gasteiger partial charge in [0.25, 0.3) is 0 Å². The van der Waals surface area contributed by atoms with Crippen LogP contribution >= 0.6 is 0 Å². The minimum absolute atomic E-state index is 0.266. The van der Waals surface area contributed by atoms with Crippen LogP contribution < -0.4 is 19.7 Å². The lowest BCUT2D eigenvalue weighted by molar-refractivity contribution is 0.0733. The number of anilines is 2. The highest BCUT2D eigenvalue weighted by atomic mass is 19.1. The predicted octanol–water partition coefficient (Wildman–Crippen LogP) is 7.19. The summed E-state index contributed by atoms with van der Waals surface area (Å²) in [4.78, 5) is 14.6. The number of aryl methyl sites for hydroxylation is 1. The van der Waals surface area contributed by atoms with Crippen molar-refractivity contribution in [2.45, 2.75) is 32.9 Å². The minimum Gasteiger partial charge on any atom is -0.496 e. The molecule has 0 saturated carbocycles. The number of carbonyl (C=O) groups is 1. The fourth-order valence-electron chi connectivity index (χ4n) is 5.31. The number of nitrogens with one attached hydrogen (secondary N) is 1. The van der Waals surface area contributed by atoms with Gasteiger partial charge in [0.15, 0.2) is 0 Å². The van der Waals surface area contributed by atoms with Gasteiger partial charge in [0, 0.05) is 40.8 Å². The molecule has 38 heavy (non-hydrogen) atoms. The highest BCUT2D eigenvalue weighted by Crippen LogP contribution is 2.50. The zero-order chi connectivity index (χ0) is 26.6. The Balaban J connectivity index is 1.44. The average molecular weight is 511 g/mol. The lowest BCUT2D eigenvalue weighted by Crippen LogP contribution is -2.33. The maximum Gasteiger partial charge on any atom is 0.346 e. The van der Waals surface area contributed by atoms with Gasteiger partial charge in [0.05, 0.1) is 24.5 Å². The molecule has 3 heterocycles. The Bertz CT molecular complexity index is 1600. The highest BCUT2D eigenvalue weighted by Gasteiger charge is 2.37. The van der Waals surface area contributed by atoms with Crippen LogP contribution in [0.25, 0.3) is 16.8 Å². The number of benzene rings is 3. The minimum atomic E-state index is -0.509. The molecule has 0 fully saturated rings. The fraction of sp³-hybridized carbons (Fsp3) is 0.194. The van der Waals surface area contributed by atoms with Gasteiger partial charge in [-0.15, -0.1) is 0 Å². The average Bonchev–Trinajstić information content (AvgIpc) is 3.55. The number of rotatable bonds is 5. The summed E-state index contributed by atoms with van der Waals surface area (Å²) in [5, 5.41) is 3.62. The van der Waals surface area contributed by atoms with Gasteiger partial charge < -0.3 is 24.1 Å². The normalized spacial score (nSPS) is 15.0. The van der Waals surface area contributed by atoms with E-state index in [9.17, 15) is 9.18 Å². The molecule has 2 aliphatic heterocycles. The Kier molecular flexibility index (Phi) is 5.52. The second kappa shape index (κ2) is 8.80. The van der Waals surface area contributed by atoms with E-state index >= 15 is 0 Å². The lowest BCUT2D eigenvalue weighted by atomic mass is 9.89. The zero-order valence-corrected chi connectivity index (χ0v) is 21.6. The molecule has 0 unspecified atom stereocenters. The third-order valence-electron chi connectivity index (χ3n) is 7.02. The Labute approximate surface area is 220 Å². The Hall–Kier alpha value is -4.52. The van der Waals surface area contributed by atoms with Gasteiger partial charge in [-0.1, -0.05) is 12.1 Å². The molecule has 0 bridgehead atoms. The van der Waals surface area contributed by atoms with E-state index in [1.165, 1.54) is 18.6 Å². The maximum atomic E-state index is 14.4. The first-order valence-electron chi connectivity index (χ1n) is 12.4. The van der Waals surface area contributed by atoms with E-state index in [2.05, 4.69) is 42.3 Å². The Morgan fingerprint density at radius 3 is 2.66 bits per heavy atom. The summed E-state index contributed by atoms with van der Waals surface area (Å²) in [6, 6.07) is 16.0. The Morgan fingerprint density at radius 1 is 1.08 bits per heavy atom. The fourth-order valence-corrected chi connectivity index (χ4v) is 5.31. The molecule has 0 spiro atoms. The van der Waals surface area contributed by atoms with Crippen molar-refractivity contribution in [1.29, 1.82) is 0 Å². The van der Waals surface area contributed by atoms with Gasteiger partial charge in [-0.05, 0) is 79.9 Å².